The topological polar surface area (TPSA) is 81.0 Å². The smallest absolute Gasteiger partial charge is 0.220 e. The van der Waals surface area contributed by atoms with Crippen molar-refractivity contribution >= 4 is 10.0 Å². The molecule has 1 saturated heterocycles. The number of nitrogens with zero attached hydrogens (tertiary/aromatic N) is 5. The minimum atomic E-state index is -3.21. The Morgan fingerprint density at radius 1 is 1.33 bits per heavy atom. The van der Waals surface area contributed by atoms with Crippen LogP contribution in [0.15, 0.2) is 30.7 Å². The van der Waals surface area contributed by atoms with Crippen LogP contribution in [0, 0.1) is 0 Å². The lowest BCUT2D eigenvalue weighted by Crippen LogP contribution is -2.44. The van der Waals surface area contributed by atoms with Crippen molar-refractivity contribution in [2.75, 3.05) is 6.54 Å². The fourth-order valence-electron chi connectivity index (χ4n) is 3.44. The molecule has 1 aliphatic heterocycles. The number of rotatable bonds is 4. The zero-order valence-electron chi connectivity index (χ0n) is 13.7. The molecule has 1 spiro atoms. The van der Waals surface area contributed by atoms with Crippen molar-refractivity contribution in [1.82, 2.24) is 24.3 Å². The molecule has 2 aromatic heterocycles. The van der Waals surface area contributed by atoms with Gasteiger partial charge in [0.15, 0.2) is 0 Å². The van der Waals surface area contributed by atoms with Crippen molar-refractivity contribution in [1.29, 1.82) is 0 Å². The number of aromatic nitrogens is 4. The summed E-state index contributed by atoms with van der Waals surface area (Å²) in [5.74, 6) is 0. The zero-order valence-corrected chi connectivity index (χ0v) is 14.5. The highest BCUT2D eigenvalue weighted by atomic mass is 32.2. The maximum atomic E-state index is 12.7. The second-order valence-corrected chi connectivity index (χ2v) is 9.11. The molecule has 8 heteroatoms. The summed E-state index contributed by atoms with van der Waals surface area (Å²) in [6, 6.07) is 3.89. The number of hydrogen-bond acceptors (Lipinski definition) is 5. The van der Waals surface area contributed by atoms with Crippen molar-refractivity contribution in [3.8, 4) is 0 Å². The van der Waals surface area contributed by atoms with Gasteiger partial charge in [0.2, 0.25) is 10.0 Å². The van der Waals surface area contributed by atoms with Crippen LogP contribution in [0.4, 0.5) is 0 Å². The van der Waals surface area contributed by atoms with Crippen LogP contribution in [0.5, 0.6) is 0 Å². The van der Waals surface area contributed by atoms with Crippen LogP contribution in [-0.2, 0) is 16.6 Å². The maximum Gasteiger partial charge on any atom is 0.220 e. The van der Waals surface area contributed by atoms with Crippen molar-refractivity contribution in [3.05, 3.63) is 42.0 Å². The van der Waals surface area contributed by atoms with Gasteiger partial charge in [-0.25, -0.2) is 13.1 Å². The molecule has 1 aliphatic carbocycles. The quantitative estimate of drug-likeness (QED) is 0.841. The van der Waals surface area contributed by atoms with Crippen LogP contribution >= 0.6 is 0 Å². The molecular formula is C16H21N5O2S. The molecular weight excluding hydrogens is 326 g/mol. The van der Waals surface area contributed by atoms with E-state index in [1.54, 1.807) is 21.4 Å². The third kappa shape index (κ3) is 2.53. The Labute approximate surface area is 141 Å². The van der Waals surface area contributed by atoms with Gasteiger partial charge in [0.05, 0.1) is 29.2 Å². The summed E-state index contributed by atoms with van der Waals surface area (Å²) in [7, 11) is -3.21. The zero-order chi connectivity index (χ0) is 16.8. The van der Waals surface area contributed by atoms with Crippen LogP contribution in [0.3, 0.4) is 0 Å². The Kier molecular flexibility index (Phi) is 3.69. The lowest BCUT2D eigenvalue weighted by molar-refractivity contribution is 0.350. The SMILES string of the molecule is C[C@H](c1cccnc1)n1cc(CN2CCCC3(CC3)S2(=O)=O)nn1. The largest absolute Gasteiger partial charge is 0.264 e. The van der Waals surface area contributed by atoms with E-state index in [0.29, 0.717) is 18.8 Å². The van der Waals surface area contributed by atoms with Gasteiger partial charge in [-0.15, -0.1) is 5.10 Å². The summed E-state index contributed by atoms with van der Waals surface area (Å²) in [5.41, 5.74) is 1.73. The highest BCUT2D eigenvalue weighted by molar-refractivity contribution is 7.90. The Morgan fingerprint density at radius 2 is 2.17 bits per heavy atom. The average Bonchev–Trinajstić information content (AvgIpc) is 3.23. The van der Waals surface area contributed by atoms with Crippen molar-refractivity contribution < 1.29 is 8.42 Å². The van der Waals surface area contributed by atoms with E-state index in [2.05, 4.69) is 15.3 Å². The Bertz CT molecular complexity index is 829. The van der Waals surface area contributed by atoms with Crippen LogP contribution in [0.2, 0.25) is 0 Å². The van der Waals surface area contributed by atoms with Gasteiger partial charge in [-0.3, -0.25) is 4.98 Å². The highest BCUT2D eigenvalue weighted by Gasteiger charge is 2.58. The van der Waals surface area contributed by atoms with E-state index >= 15 is 0 Å². The minimum absolute atomic E-state index is 0.00712. The molecule has 4 rings (SSSR count). The van der Waals surface area contributed by atoms with E-state index in [1.165, 1.54) is 0 Å². The lowest BCUT2D eigenvalue weighted by Gasteiger charge is -2.31. The summed E-state index contributed by atoms with van der Waals surface area (Å²) < 4.78 is 28.3. The third-order valence-corrected chi connectivity index (χ3v) is 7.89. The van der Waals surface area contributed by atoms with E-state index in [1.807, 2.05) is 25.3 Å². The lowest BCUT2D eigenvalue weighted by atomic mass is 10.1. The van der Waals surface area contributed by atoms with E-state index in [4.69, 9.17) is 0 Å². The first-order chi connectivity index (χ1) is 11.5. The normalized spacial score (nSPS) is 23.2. The molecule has 0 unspecified atom stereocenters. The van der Waals surface area contributed by atoms with Gasteiger partial charge in [0, 0.05) is 18.9 Å². The number of hydrogen-bond donors (Lipinski definition) is 0. The molecule has 2 fully saturated rings. The fraction of sp³-hybridized carbons (Fsp3) is 0.562. The Morgan fingerprint density at radius 3 is 2.88 bits per heavy atom. The molecule has 0 amide bonds. The Balaban J connectivity index is 1.51. The predicted molar refractivity (Wildman–Crippen MR) is 88.6 cm³/mol. The van der Waals surface area contributed by atoms with Crippen molar-refractivity contribution in [2.24, 2.45) is 0 Å². The highest BCUT2D eigenvalue weighted by Crippen LogP contribution is 2.51. The first-order valence-corrected chi connectivity index (χ1v) is 9.76. The summed E-state index contributed by atoms with van der Waals surface area (Å²) >= 11 is 0. The van der Waals surface area contributed by atoms with Gasteiger partial charge >= 0.3 is 0 Å². The number of pyridine rings is 1. The summed E-state index contributed by atoms with van der Waals surface area (Å²) in [6.07, 6.45) is 8.71. The molecule has 0 bridgehead atoms. The standard InChI is InChI=1S/C16H21N5O2S/c1-13(14-4-2-8-17-10-14)21-12-15(18-19-21)11-20-9-3-5-16(6-7-16)24(20,22)23/h2,4,8,10,12-13H,3,5-7,9,11H2,1H3/t13-/m1/s1. The van der Waals surface area contributed by atoms with Crippen LogP contribution in [-0.4, -0.2) is 44.0 Å². The fourth-order valence-corrected chi connectivity index (χ4v) is 5.68. The molecule has 1 saturated carbocycles. The van der Waals surface area contributed by atoms with E-state index in [0.717, 1.165) is 31.2 Å². The van der Waals surface area contributed by atoms with E-state index in [9.17, 15) is 8.42 Å². The molecule has 1 atom stereocenters. The second-order valence-electron chi connectivity index (χ2n) is 6.78. The number of sulfonamides is 1. The van der Waals surface area contributed by atoms with Crippen molar-refractivity contribution in [3.63, 3.8) is 0 Å². The summed E-state index contributed by atoms with van der Waals surface area (Å²) in [5, 5.41) is 8.35. The summed E-state index contributed by atoms with van der Waals surface area (Å²) in [6.45, 7) is 2.91. The predicted octanol–water partition coefficient (Wildman–Crippen LogP) is 1.74. The molecule has 2 aromatic rings. The molecule has 128 valence electrons. The van der Waals surface area contributed by atoms with Gasteiger partial charge in [-0.05, 0) is 44.2 Å². The molecule has 0 N–H and O–H groups in total. The van der Waals surface area contributed by atoms with Gasteiger partial charge < -0.3 is 0 Å². The van der Waals surface area contributed by atoms with Crippen LogP contribution < -0.4 is 0 Å². The van der Waals surface area contributed by atoms with E-state index < -0.39 is 14.8 Å². The molecule has 0 aromatic carbocycles. The van der Waals surface area contributed by atoms with Gasteiger partial charge in [0.1, 0.15) is 0 Å². The monoisotopic (exact) mass is 347 g/mol. The molecule has 7 nitrogen and oxygen atoms in total. The van der Waals surface area contributed by atoms with Gasteiger partial charge in [-0.2, -0.15) is 4.31 Å². The van der Waals surface area contributed by atoms with Crippen molar-refractivity contribution in [2.45, 2.75) is 49.9 Å². The molecule has 24 heavy (non-hydrogen) atoms. The molecule has 0 radical (unpaired) electrons. The van der Waals surface area contributed by atoms with Gasteiger partial charge in [0.25, 0.3) is 0 Å². The first-order valence-electron chi connectivity index (χ1n) is 8.32. The average molecular weight is 347 g/mol. The molecule has 3 heterocycles. The van der Waals surface area contributed by atoms with Gasteiger partial charge in [-0.1, -0.05) is 11.3 Å². The Hall–Kier alpha value is -1.80. The second kappa shape index (κ2) is 5.63. The summed E-state index contributed by atoms with van der Waals surface area (Å²) in [4.78, 5) is 4.12. The van der Waals surface area contributed by atoms with Crippen LogP contribution in [0.1, 0.15) is 49.9 Å². The first kappa shape index (κ1) is 15.7. The maximum absolute atomic E-state index is 12.7. The van der Waals surface area contributed by atoms with E-state index in [-0.39, 0.29) is 6.04 Å². The minimum Gasteiger partial charge on any atom is -0.264 e. The molecule has 2 aliphatic rings. The van der Waals surface area contributed by atoms with Crippen LogP contribution in [0.25, 0.3) is 0 Å². The third-order valence-electron chi connectivity index (χ3n) is 5.19.